The zero-order chi connectivity index (χ0) is 15.8. The number of aliphatic hydroxyl groups excluding tert-OH is 1. The predicted molar refractivity (Wildman–Crippen MR) is 97.5 cm³/mol. The van der Waals surface area contributed by atoms with Crippen LogP contribution in [0.15, 0.2) is 48.5 Å². The minimum Gasteiger partial charge on any atom is -0.489 e. The highest BCUT2D eigenvalue weighted by Crippen LogP contribution is 2.24. The smallest absolute Gasteiger partial charge is 0.124 e. The fourth-order valence-corrected chi connectivity index (χ4v) is 2.35. The quantitative estimate of drug-likeness (QED) is 0.745. The number of halogens is 2. The van der Waals surface area contributed by atoms with Crippen molar-refractivity contribution in [3.63, 3.8) is 0 Å². The van der Waals surface area contributed by atoms with Crippen LogP contribution in [0.2, 0.25) is 5.02 Å². The second kappa shape index (κ2) is 10.5. The van der Waals surface area contributed by atoms with Crippen LogP contribution in [0.3, 0.4) is 0 Å². The van der Waals surface area contributed by atoms with Gasteiger partial charge in [-0.05, 0) is 30.2 Å². The zero-order valence-corrected chi connectivity index (χ0v) is 14.7. The van der Waals surface area contributed by atoms with E-state index >= 15 is 0 Å². The Bertz CT molecular complexity index is 574. The maximum atomic E-state index is 9.26. The summed E-state index contributed by atoms with van der Waals surface area (Å²) in [6, 6.07) is 15.8. The largest absolute Gasteiger partial charge is 0.489 e. The highest BCUT2D eigenvalue weighted by molar-refractivity contribution is 6.30. The van der Waals surface area contributed by atoms with Crippen molar-refractivity contribution in [2.24, 2.45) is 0 Å². The van der Waals surface area contributed by atoms with E-state index in [2.05, 4.69) is 5.32 Å². The summed E-state index contributed by atoms with van der Waals surface area (Å²) < 4.78 is 5.92. The number of rotatable bonds is 8. The van der Waals surface area contributed by atoms with Gasteiger partial charge in [-0.15, -0.1) is 12.4 Å². The second-order valence-electron chi connectivity index (χ2n) is 5.19. The van der Waals surface area contributed by atoms with E-state index < -0.39 is 0 Å². The van der Waals surface area contributed by atoms with Gasteiger partial charge < -0.3 is 15.2 Å². The molecular weight excluding hydrogens is 333 g/mol. The minimum absolute atomic E-state index is 0. The minimum atomic E-state index is 0. The summed E-state index contributed by atoms with van der Waals surface area (Å²) >= 11 is 6.08. The maximum absolute atomic E-state index is 9.26. The van der Waals surface area contributed by atoms with Gasteiger partial charge in [-0.3, -0.25) is 0 Å². The summed E-state index contributed by atoms with van der Waals surface area (Å²) in [5.74, 6) is 0.813. The van der Waals surface area contributed by atoms with E-state index in [1.807, 2.05) is 55.5 Å². The first-order valence-electron chi connectivity index (χ1n) is 7.52. The molecule has 0 fully saturated rings. The molecule has 2 aromatic carbocycles. The summed E-state index contributed by atoms with van der Waals surface area (Å²) in [7, 11) is 0. The monoisotopic (exact) mass is 355 g/mol. The molecule has 0 spiro atoms. The third-order valence-electron chi connectivity index (χ3n) is 3.55. The first-order valence-corrected chi connectivity index (χ1v) is 7.90. The third kappa shape index (κ3) is 6.40. The number of benzene rings is 2. The van der Waals surface area contributed by atoms with E-state index in [9.17, 15) is 5.11 Å². The Morgan fingerprint density at radius 1 is 1.17 bits per heavy atom. The molecule has 0 heterocycles. The van der Waals surface area contributed by atoms with E-state index in [1.165, 1.54) is 0 Å². The Kier molecular flexibility index (Phi) is 9.03. The van der Waals surface area contributed by atoms with E-state index in [4.69, 9.17) is 16.3 Å². The lowest BCUT2D eigenvalue weighted by atomic mass is 10.1. The molecular formula is C18H23Cl2NO2. The van der Waals surface area contributed by atoms with Crippen LogP contribution in [0.1, 0.15) is 24.5 Å². The lowest BCUT2D eigenvalue weighted by Crippen LogP contribution is -2.31. The van der Waals surface area contributed by atoms with Crippen LogP contribution in [0.4, 0.5) is 0 Å². The molecule has 0 saturated heterocycles. The SMILES string of the molecule is CCC(CO)NCc1cc(Cl)ccc1OCc1ccccc1.Cl. The van der Waals surface area contributed by atoms with E-state index in [0.717, 1.165) is 23.3 Å². The van der Waals surface area contributed by atoms with Gasteiger partial charge in [0, 0.05) is 23.2 Å². The number of nitrogens with one attached hydrogen (secondary N) is 1. The molecule has 2 rings (SSSR count). The molecule has 1 unspecified atom stereocenters. The fraction of sp³-hybridized carbons (Fsp3) is 0.333. The van der Waals surface area contributed by atoms with Crippen molar-refractivity contribution in [1.29, 1.82) is 0 Å². The topological polar surface area (TPSA) is 41.5 Å². The Labute approximate surface area is 149 Å². The van der Waals surface area contributed by atoms with E-state index in [-0.39, 0.29) is 25.1 Å². The Morgan fingerprint density at radius 3 is 2.57 bits per heavy atom. The van der Waals surface area contributed by atoms with Crippen LogP contribution < -0.4 is 10.1 Å². The maximum Gasteiger partial charge on any atom is 0.124 e. The molecule has 0 aliphatic carbocycles. The molecule has 0 aromatic heterocycles. The van der Waals surface area contributed by atoms with Gasteiger partial charge in [-0.2, -0.15) is 0 Å². The normalized spacial score (nSPS) is 11.6. The first-order chi connectivity index (χ1) is 10.7. The van der Waals surface area contributed by atoms with E-state index in [0.29, 0.717) is 18.2 Å². The highest BCUT2D eigenvalue weighted by atomic mass is 35.5. The van der Waals surface area contributed by atoms with Gasteiger partial charge in [-0.25, -0.2) is 0 Å². The van der Waals surface area contributed by atoms with Crippen LogP contribution in [-0.4, -0.2) is 17.8 Å². The van der Waals surface area contributed by atoms with Crippen molar-refractivity contribution in [1.82, 2.24) is 5.32 Å². The van der Waals surface area contributed by atoms with Gasteiger partial charge in [0.05, 0.1) is 6.61 Å². The third-order valence-corrected chi connectivity index (χ3v) is 3.79. The van der Waals surface area contributed by atoms with Crippen molar-refractivity contribution >= 4 is 24.0 Å². The lowest BCUT2D eigenvalue weighted by Gasteiger charge is -2.17. The van der Waals surface area contributed by atoms with Gasteiger partial charge >= 0.3 is 0 Å². The molecule has 2 aromatic rings. The van der Waals surface area contributed by atoms with Crippen LogP contribution >= 0.6 is 24.0 Å². The van der Waals surface area contributed by atoms with Gasteiger partial charge in [-0.1, -0.05) is 48.9 Å². The van der Waals surface area contributed by atoms with Gasteiger partial charge in [0.15, 0.2) is 0 Å². The Balaban J connectivity index is 0.00000264. The highest BCUT2D eigenvalue weighted by Gasteiger charge is 2.08. The van der Waals surface area contributed by atoms with E-state index in [1.54, 1.807) is 0 Å². The first kappa shape index (κ1) is 19.8. The van der Waals surface area contributed by atoms with Gasteiger partial charge in [0.1, 0.15) is 12.4 Å². The number of ether oxygens (including phenoxy) is 1. The van der Waals surface area contributed by atoms with Gasteiger partial charge in [0.2, 0.25) is 0 Å². The molecule has 0 radical (unpaired) electrons. The van der Waals surface area contributed by atoms with Crippen molar-refractivity contribution in [3.05, 3.63) is 64.7 Å². The number of hydrogen-bond acceptors (Lipinski definition) is 3. The molecule has 5 heteroatoms. The molecule has 0 bridgehead atoms. The molecule has 0 aliphatic heterocycles. The molecule has 1 atom stereocenters. The van der Waals surface area contributed by atoms with Crippen molar-refractivity contribution in [2.45, 2.75) is 32.5 Å². The van der Waals surface area contributed by atoms with Gasteiger partial charge in [0.25, 0.3) is 0 Å². The lowest BCUT2D eigenvalue weighted by molar-refractivity contribution is 0.237. The van der Waals surface area contributed by atoms with Crippen LogP contribution in [0, 0.1) is 0 Å². The van der Waals surface area contributed by atoms with Crippen molar-refractivity contribution < 1.29 is 9.84 Å². The molecule has 2 N–H and O–H groups in total. The van der Waals surface area contributed by atoms with Crippen LogP contribution in [0.5, 0.6) is 5.75 Å². The molecule has 3 nitrogen and oxygen atoms in total. The molecule has 0 amide bonds. The molecule has 126 valence electrons. The van der Waals surface area contributed by atoms with Crippen LogP contribution in [0.25, 0.3) is 0 Å². The summed E-state index contributed by atoms with van der Waals surface area (Å²) in [5.41, 5.74) is 2.12. The molecule has 0 saturated carbocycles. The van der Waals surface area contributed by atoms with Crippen molar-refractivity contribution in [3.8, 4) is 5.75 Å². The number of hydrogen-bond donors (Lipinski definition) is 2. The standard InChI is InChI=1S/C18H22ClNO2.ClH/c1-2-17(12-21)20-11-15-10-16(19)8-9-18(15)22-13-14-6-4-3-5-7-14;/h3-10,17,20-21H,2,11-13H2,1H3;1H. The summed E-state index contributed by atoms with van der Waals surface area (Å²) in [5, 5.41) is 13.3. The molecule has 23 heavy (non-hydrogen) atoms. The Hall–Kier alpha value is -1.26. The summed E-state index contributed by atoms with van der Waals surface area (Å²) in [6.45, 7) is 3.30. The Morgan fingerprint density at radius 2 is 1.91 bits per heavy atom. The van der Waals surface area contributed by atoms with Crippen molar-refractivity contribution in [2.75, 3.05) is 6.61 Å². The fourth-order valence-electron chi connectivity index (χ4n) is 2.15. The second-order valence-corrected chi connectivity index (χ2v) is 5.63. The van der Waals surface area contributed by atoms with Crippen LogP contribution in [-0.2, 0) is 13.2 Å². The predicted octanol–water partition coefficient (Wildman–Crippen LogP) is 4.20. The number of aliphatic hydroxyl groups is 1. The average molecular weight is 356 g/mol. The zero-order valence-electron chi connectivity index (χ0n) is 13.2. The summed E-state index contributed by atoms with van der Waals surface area (Å²) in [4.78, 5) is 0. The average Bonchev–Trinajstić information content (AvgIpc) is 2.56. The molecule has 0 aliphatic rings. The summed E-state index contributed by atoms with van der Waals surface area (Å²) in [6.07, 6.45) is 0.872.